The Morgan fingerprint density at radius 1 is 1.12 bits per heavy atom. The van der Waals surface area contributed by atoms with Gasteiger partial charge in [-0.3, -0.25) is 14.4 Å². The van der Waals surface area contributed by atoms with Crippen molar-refractivity contribution in [3.8, 4) is 0 Å². The minimum atomic E-state index is -0.608. The SMILES string of the molecule is COC(=O)CC(=O)c1ccccc1C(C)=O. The zero-order chi connectivity index (χ0) is 12.1. The molecule has 0 unspecified atom stereocenters. The average molecular weight is 220 g/mol. The van der Waals surface area contributed by atoms with Crippen molar-refractivity contribution in [1.82, 2.24) is 0 Å². The van der Waals surface area contributed by atoms with E-state index < -0.39 is 11.8 Å². The lowest BCUT2D eigenvalue weighted by molar-refractivity contribution is -0.139. The zero-order valence-electron chi connectivity index (χ0n) is 9.15. The van der Waals surface area contributed by atoms with Crippen LogP contribution in [0.2, 0.25) is 0 Å². The highest BCUT2D eigenvalue weighted by Crippen LogP contribution is 2.12. The predicted octanol–water partition coefficient (Wildman–Crippen LogP) is 1.64. The number of hydrogen-bond donors (Lipinski definition) is 0. The Balaban J connectivity index is 2.99. The maximum atomic E-state index is 11.7. The van der Waals surface area contributed by atoms with Crippen LogP contribution in [0.4, 0.5) is 0 Å². The van der Waals surface area contributed by atoms with Crippen molar-refractivity contribution >= 4 is 17.5 Å². The molecule has 1 aromatic rings. The Bertz CT molecular complexity index is 434. The van der Waals surface area contributed by atoms with Gasteiger partial charge in [0.2, 0.25) is 0 Å². The van der Waals surface area contributed by atoms with Crippen LogP contribution in [0.25, 0.3) is 0 Å². The molecule has 0 bridgehead atoms. The van der Waals surface area contributed by atoms with Crippen molar-refractivity contribution in [2.45, 2.75) is 13.3 Å². The van der Waals surface area contributed by atoms with Gasteiger partial charge in [-0.1, -0.05) is 24.3 Å². The number of carbonyl (C=O) groups is 3. The van der Waals surface area contributed by atoms with E-state index in [9.17, 15) is 14.4 Å². The second-order valence-electron chi connectivity index (χ2n) is 3.28. The topological polar surface area (TPSA) is 60.4 Å². The molecule has 84 valence electrons. The van der Waals surface area contributed by atoms with Crippen LogP contribution in [0, 0.1) is 0 Å². The van der Waals surface area contributed by atoms with Crippen LogP contribution in [0.5, 0.6) is 0 Å². The van der Waals surface area contributed by atoms with Gasteiger partial charge >= 0.3 is 5.97 Å². The van der Waals surface area contributed by atoms with Gasteiger partial charge in [0.15, 0.2) is 11.6 Å². The molecule has 1 rings (SSSR count). The standard InChI is InChI=1S/C12H12O4/c1-8(13)9-5-3-4-6-10(9)11(14)7-12(15)16-2/h3-6H,7H2,1-2H3. The molecular weight excluding hydrogens is 208 g/mol. The normalized spacial score (nSPS) is 9.62. The maximum Gasteiger partial charge on any atom is 0.313 e. The fraction of sp³-hybridized carbons (Fsp3) is 0.250. The van der Waals surface area contributed by atoms with E-state index in [-0.39, 0.29) is 17.8 Å². The second-order valence-corrected chi connectivity index (χ2v) is 3.28. The summed E-state index contributed by atoms with van der Waals surface area (Å²) >= 11 is 0. The first-order chi connectivity index (χ1) is 7.56. The quantitative estimate of drug-likeness (QED) is 0.439. The van der Waals surface area contributed by atoms with E-state index >= 15 is 0 Å². The lowest BCUT2D eigenvalue weighted by Crippen LogP contribution is -2.12. The fourth-order valence-electron chi connectivity index (χ4n) is 1.33. The van der Waals surface area contributed by atoms with E-state index in [4.69, 9.17) is 0 Å². The Hall–Kier alpha value is -1.97. The molecule has 4 nitrogen and oxygen atoms in total. The molecule has 0 aliphatic carbocycles. The first kappa shape index (κ1) is 12.1. The van der Waals surface area contributed by atoms with Gasteiger partial charge in [0.25, 0.3) is 0 Å². The Morgan fingerprint density at radius 3 is 2.19 bits per heavy atom. The van der Waals surface area contributed by atoms with Gasteiger partial charge in [0, 0.05) is 11.1 Å². The molecule has 4 heteroatoms. The maximum absolute atomic E-state index is 11.7. The second kappa shape index (κ2) is 5.21. The van der Waals surface area contributed by atoms with E-state index in [2.05, 4.69) is 4.74 Å². The van der Waals surface area contributed by atoms with Gasteiger partial charge in [-0.15, -0.1) is 0 Å². The van der Waals surface area contributed by atoms with Gasteiger partial charge in [0.1, 0.15) is 6.42 Å². The van der Waals surface area contributed by atoms with Crippen LogP contribution in [-0.2, 0) is 9.53 Å². The van der Waals surface area contributed by atoms with E-state index in [1.165, 1.54) is 20.1 Å². The van der Waals surface area contributed by atoms with Crippen molar-refractivity contribution in [2.24, 2.45) is 0 Å². The third-order valence-corrected chi connectivity index (χ3v) is 2.14. The highest BCUT2D eigenvalue weighted by molar-refractivity contribution is 6.12. The van der Waals surface area contributed by atoms with Crippen molar-refractivity contribution in [3.63, 3.8) is 0 Å². The third-order valence-electron chi connectivity index (χ3n) is 2.14. The molecule has 0 radical (unpaired) electrons. The van der Waals surface area contributed by atoms with Crippen LogP contribution < -0.4 is 0 Å². The van der Waals surface area contributed by atoms with Crippen molar-refractivity contribution in [2.75, 3.05) is 7.11 Å². The summed E-state index contributed by atoms with van der Waals surface area (Å²) in [7, 11) is 1.21. The largest absolute Gasteiger partial charge is 0.469 e. The lowest BCUT2D eigenvalue weighted by Gasteiger charge is -2.04. The number of carbonyl (C=O) groups excluding carboxylic acids is 3. The summed E-state index contributed by atoms with van der Waals surface area (Å²) in [6, 6.07) is 6.41. The number of hydrogen-bond acceptors (Lipinski definition) is 4. The van der Waals surface area contributed by atoms with Crippen LogP contribution in [-0.4, -0.2) is 24.6 Å². The number of ketones is 2. The highest BCUT2D eigenvalue weighted by atomic mass is 16.5. The first-order valence-electron chi connectivity index (χ1n) is 4.76. The van der Waals surface area contributed by atoms with E-state index in [1.54, 1.807) is 18.2 Å². The number of benzene rings is 1. The summed E-state index contributed by atoms with van der Waals surface area (Å²) in [5.74, 6) is -1.21. The van der Waals surface area contributed by atoms with Gasteiger partial charge in [0.05, 0.1) is 7.11 Å². The molecular formula is C12H12O4. The molecule has 0 fully saturated rings. The Labute approximate surface area is 93.2 Å². The van der Waals surface area contributed by atoms with Crippen LogP contribution >= 0.6 is 0 Å². The molecule has 0 aromatic heterocycles. The lowest BCUT2D eigenvalue weighted by atomic mass is 9.99. The Kier molecular flexibility index (Phi) is 3.94. The molecule has 0 amide bonds. The van der Waals surface area contributed by atoms with Crippen LogP contribution in [0.15, 0.2) is 24.3 Å². The number of methoxy groups -OCH3 is 1. The van der Waals surface area contributed by atoms with Crippen molar-refractivity contribution in [3.05, 3.63) is 35.4 Å². The average Bonchev–Trinajstić information content (AvgIpc) is 2.28. The summed E-state index contributed by atoms with van der Waals surface area (Å²) < 4.78 is 4.40. The van der Waals surface area contributed by atoms with E-state index in [0.29, 0.717) is 5.56 Å². The molecule has 0 N–H and O–H groups in total. The molecule has 0 spiro atoms. The van der Waals surface area contributed by atoms with Gasteiger partial charge in [-0.2, -0.15) is 0 Å². The van der Waals surface area contributed by atoms with Crippen molar-refractivity contribution in [1.29, 1.82) is 0 Å². The summed E-state index contributed by atoms with van der Waals surface area (Å²) in [5, 5.41) is 0. The number of esters is 1. The van der Waals surface area contributed by atoms with Gasteiger partial charge in [-0.05, 0) is 6.92 Å². The number of rotatable bonds is 4. The summed E-state index contributed by atoms with van der Waals surface area (Å²) in [5.41, 5.74) is 0.594. The molecule has 0 atom stereocenters. The molecule has 0 saturated carbocycles. The van der Waals surface area contributed by atoms with Crippen molar-refractivity contribution < 1.29 is 19.1 Å². The molecule has 0 aliphatic heterocycles. The summed E-state index contributed by atoms with van der Waals surface area (Å²) in [6.45, 7) is 1.38. The van der Waals surface area contributed by atoms with Crippen LogP contribution in [0.3, 0.4) is 0 Å². The smallest absolute Gasteiger partial charge is 0.313 e. The summed E-state index contributed by atoms with van der Waals surface area (Å²) in [6.07, 6.45) is -0.346. The minimum absolute atomic E-state index is 0.200. The zero-order valence-corrected chi connectivity index (χ0v) is 9.15. The number of Topliss-reactive ketones (excluding diaryl/α,β-unsaturated/α-hetero) is 2. The molecule has 1 aromatic carbocycles. The fourth-order valence-corrected chi connectivity index (χ4v) is 1.33. The summed E-state index contributed by atoms with van der Waals surface area (Å²) in [4.78, 5) is 33.9. The minimum Gasteiger partial charge on any atom is -0.469 e. The van der Waals surface area contributed by atoms with Gasteiger partial charge < -0.3 is 4.74 Å². The predicted molar refractivity (Wildman–Crippen MR) is 57.4 cm³/mol. The molecule has 0 aliphatic rings. The monoisotopic (exact) mass is 220 g/mol. The first-order valence-corrected chi connectivity index (χ1v) is 4.76. The van der Waals surface area contributed by atoms with Gasteiger partial charge in [-0.25, -0.2) is 0 Å². The highest BCUT2D eigenvalue weighted by Gasteiger charge is 2.16. The third kappa shape index (κ3) is 2.76. The molecule has 0 heterocycles. The van der Waals surface area contributed by atoms with Crippen LogP contribution in [0.1, 0.15) is 34.1 Å². The Morgan fingerprint density at radius 2 is 1.69 bits per heavy atom. The molecule has 16 heavy (non-hydrogen) atoms. The number of ether oxygens (including phenoxy) is 1. The van der Waals surface area contributed by atoms with E-state index in [0.717, 1.165) is 0 Å². The molecule has 0 saturated heterocycles. The van der Waals surface area contributed by atoms with E-state index in [1.807, 2.05) is 0 Å².